The Morgan fingerprint density at radius 1 is 1.06 bits per heavy atom. The van der Waals surface area contributed by atoms with Crippen molar-refractivity contribution in [1.29, 1.82) is 0 Å². The SMILES string of the molecule is CCC[C@@H](C)C1(CCC)C(=O)NC(=O)NC1=O. The Bertz CT molecular complexity index is 319. The normalized spacial score (nSPS) is 20.8. The summed E-state index contributed by atoms with van der Waals surface area (Å²) in [5, 5.41) is 4.43. The van der Waals surface area contributed by atoms with Gasteiger partial charge < -0.3 is 0 Å². The predicted molar refractivity (Wildman–Crippen MR) is 63.1 cm³/mol. The highest BCUT2D eigenvalue weighted by atomic mass is 16.2. The maximum Gasteiger partial charge on any atom is 0.328 e. The molecule has 5 nitrogen and oxygen atoms in total. The fourth-order valence-electron chi connectivity index (χ4n) is 2.56. The van der Waals surface area contributed by atoms with Crippen molar-refractivity contribution in [2.45, 2.75) is 46.5 Å². The van der Waals surface area contributed by atoms with Crippen LogP contribution in [-0.4, -0.2) is 17.8 Å². The van der Waals surface area contributed by atoms with Crippen LogP contribution in [0.4, 0.5) is 4.79 Å². The van der Waals surface area contributed by atoms with Gasteiger partial charge in [-0.1, -0.05) is 33.6 Å². The molecule has 0 saturated carbocycles. The molecule has 0 aromatic carbocycles. The van der Waals surface area contributed by atoms with Crippen molar-refractivity contribution in [1.82, 2.24) is 10.6 Å². The second-order valence-corrected chi connectivity index (χ2v) is 4.65. The van der Waals surface area contributed by atoms with E-state index in [4.69, 9.17) is 0 Å². The van der Waals surface area contributed by atoms with E-state index in [1.807, 2.05) is 20.8 Å². The number of hydrogen-bond donors (Lipinski definition) is 2. The lowest BCUT2D eigenvalue weighted by molar-refractivity contribution is -0.149. The molecule has 0 radical (unpaired) electrons. The van der Waals surface area contributed by atoms with E-state index in [2.05, 4.69) is 10.6 Å². The van der Waals surface area contributed by atoms with E-state index in [0.29, 0.717) is 6.42 Å². The summed E-state index contributed by atoms with van der Waals surface area (Å²) in [5.74, 6) is -0.969. The third kappa shape index (κ3) is 2.33. The highest BCUT2D eigenvalue weighted by molar-refractivity contribution is 6.19. The molecule has 4 amide bonds. The summed E-state index contributed by atoms with van der Waals surface area (Å²) in [6.45, 7) is 5.84. The van der Waals surface area contributed by atoms with Crippen molar-refractivity contribution in [3.63, 3.8) is 0 Å². The van der Waals surface area contributed by atoms with Crippen LogP contribution in [0.3, 0.4) is 0 Å². The van der Waals surface area contributed by atoms with Gasteiger partial charge in [-0.3, -0.25) is 20.2 Å². The molecule has 1 aliphatic rings. The van der Waals surface area contributed by atoms with Crippen molar-refractivity contribution in [2.75, 3.05) is 0 Å². The first-order valence-corrected chi connectivity index (χ1v) is 6.15. The number of barbiturate groups is 1. The zero-order valence-corrected chi connectivity index (χ0v) is 10.6. The van der Waals surface area contributed by atoms with Gasteiger partial charge in [0.25, 0.3) is 0 Å². The summed E-state index contributed by atoms with van der Waals surface area (Å²) in [6, 6.07) is -0.713. The van der Waals surface area contributed by atoms with Gasteiger partial charge in [-0.2, -0.15) is 0 Å². The van der Waals surface area contributed by atoms with Gasteiger partial charge in [0.05, 0.1) is 0 Å². The Morgan fingerprint density at radius 3 is 2.00 bits per heavy atom. The Morgan fingerprint density at radius 2 is 1.59 bits per heavy atom. The predicted octanol–water partition coefficient (Wildman–Crippen LogP) is 1.58. The van der Waals surface area contributed by atoms with E-state index in [-0.39, 0.29) is 5.92 Å². The van der Waals surface area contributed by atoms with Crippen LogP contribution in [0.2, 0.25) is 0 Å². The Balaban J connectivity index is 3.07. The molecule has 1 heterocycles. The van der Waals surface area contributed by atoms with Crippen LogP contribution in [-0.2, 0) is 9.59 Å². The van der Waals surface area contributed by atoms with Crippen LogP contribution in [0, 0.1) is 11.3 Å². The largest absolute Gasteiger partial charge is 0.328 e. The third-order valence-corrected chi connectivity index (χ3v) is 3.47. The molecule has 96 valence electrons. The lowest BCUT2D eigenvalue weighted by atomic mass is 9.69. The molecule has 0 aromatic rings. The number of carbonyl (C=O) groups excluding carboxylic acids is 3. The van der Waals surface area contributed by atoms with Gasteiger partial charge in [-0.15, -0.1) is 0 Å². The fourth-order valence-corrected chi connectivity index (χ4v) is 2.56. The quantitative estimate of drug-likeness (QED) is 0.716. The number of urea groups is 1. The molecule has 1 atom stereocenters. The number of rotatable bonds is 5. The van der Waals surface area contributed by atoms with E-state index >= 15 is 0 Å². The van der Waals surface area contributed by atoms with Crippen LogP contribution in [0.15, 0.2) is 0 Å². The monoisotopic (exact) mass is 240 g/mol. The Kier molecular flexibility index (Phi) is 4.26. The van der Waals surface area contributed by atoms with Gasteiger partial charge in [-0.05, 0) is 18.8 Å². The standard InChI is InChI=1S/C12H20N2O3/c1-4-6-8(3)12(7-5-2)9(15)13-11(17)14-10(12)16/h8H,4-7H2,1-3H3,(H2,13,14,15,16,17)/t8-/m1/s1. The molecule has 5 heteroatoms. The molecule has 17 heavy (non-hydrogen) atoms. The van der Waals surface area contributed by atoms with Crippen molar-refractivity contribution < 1.29 is 14.4 Å². The van der Waals surface area contributed by atoms with Gasteiger partial charge in [0, 0.05) is 0 Å². The van der Waals surface area contributed by atoms with Crippen LogP contribution >= 0.6 is 0 Å². The number of nitrogens with one attached hydrogen (secondary N) is 2. The van der Waals surface area contributed by atoms with Crippen molar-refractivity contribution in [2.24, 2.45) is 11.3 Å². The summed E-state index contributed by atoms with van der Waals surface area (Å²) in [7, 11) is 0. The van der Waals surface area contributed by atoms with E-state index in [9.17, 15) is 14.4 Å². The van der Waals surface area contributed by atoms with Gasteiger partial charge in [0.15, 0.2) is 0 Å². The number of imide groups is 2. The minimum Gasteiger partial charge on any atom is -0.277 e. The Labute approximate surface area is 101 Å². The van der Waals surface area contributed by atoms with E-state index in [0.717, 1.165) is 19.3 Å². The summed E-state index contributed by atoms with van der Waals surface area (Å²) in [6.07, 6.45) is 2.89. The molecule has 1 aliphatic heterocycles. The molecular weight excluding hydrogens is 220 g/mol. The first kappa shape index (κ1) is 13.7. The lowest BCUT2D eigenvalue weighted by Gasteiger charge is -2.38. The van der Waals surface area contributed by atoms with Crippen LogP contribution in [0.1, 0.15) is 46.5 Å². The first-order valence-electron chi connectivity index (χ1n) is 6.15. The van der Waals surface area contributed by atoms with Gasteiger partial charge in [-0.25, -0.2) is 4.79 Å². The van der Waals surface area contributed by atoms with Crippen molar-refractivity contribution in [3.05, 3.63) is 0 Å². The fraction of sp³-hybridized carbons (Fsp3) is 0.750. The number of hydrogen-bond acceptors (Lipinski definition) is 3. The zero-order valence-electron chi connectivity index (χ0n) is 10.6. The molecule has 1 fully saturated rings. The highest BCUT2D eigenvalue weighted by Gasteiger charge is 2.52. The average Bonchev–Trinajstić information content (AvgIpc) is 2.23. The summed E-state index contributed by atoms with van der Waals surface area (Å²) in [4.78, 5) is 35.2. The highest BCUT2D eigenvalue weighted by Crippen LogP contribution is 2.37. The zero-order chi connectivity index (χ0) is 13.1. The molecule has 0 aliphatic carbocycles. The molecule has 0 unspecified atom stereocenters. The van der Waals surface area contributed by atoms with E-state index in [1.54, 1.807) is 0 Å². The van der Waals surface area contributed by atoms with Gasteiger partial charge >= 0.3 is 6.03 Å². The minimum atomic E-state index is -1.08. The van der Waals surface area contributed by atoms with E-state index in [1.165, 1.54) is 0 Å². The molecule has 1 rings (SSSR count). The van der Waals surface area contributed by atoms with Crippen LogP contribution in [0.25, 0.3) is 0 Å². The number of amides is 4. The molecular formula is C12H20N2O3. The first-order chi connectivity index (χ1) is 7.98. The van der Waals surface area contributed by atoms with Gasteiger partial charge in [0.1, 0.15) is 5.41 Å². The minimum absolute atomic E-state index is 0.0689. The number of carbonyl (C=O) groups is 3. The topological polar surface area (TPSA) is 75.3 Å². The average molecular weight is 240 g/mol. The second-order valence-electron chi connectivity index (χ2n) is 4.65. The van der Waals surface area contributed by atoms with Crippen LogP contribution < -0.4 is 10.6 Å². The lowest BCUT2D eigenvalue weighted by Crippen LogP contribution is -2.64. The molecule has 0 aromatic heterocycles. The maximum absolute atomic E-state index is 12.1. The molecule has 0 bridgehead atoms. The second kappa shape index (κ2) is 5.29. The van der Waals surface area contributed by atoms with E-state index < -0.39 is 23.3 Å². The Hall–Kier alpha value is -1.39. The van der Waals surface area contributed by atoms with Crippen LogP contribution in [0.5, 0.6) is 0 Å². The molecule has 1 saturated heterocycles. The molecule has 2 N–H and O–H groups in total. The third-order valence-electron chi connectivity index (χ3n) is 3.47. The maximum atomic E-state index is 12.1. The van der Waals surface area contributed by atoms with Crippen molar-refractivity contribution in [3.8, 4) is 0 Å². The summed E-state index contributed by atoms with van der Waals surface area (Å²) in [5.41, 5.74) is -1.08. The van der Waals surface area contributed by atoms with Crippen molar-refractivity contribution >= 4 is 17.8 Å². The molecule has 0 spiro atoms. The van der Waals surface area contributed by atoms with Gasteiger partial charge in [0.2, 0.25) is 11.8 Å². The smallest absolute Gasteiger partial charge is 0.277 e. The summed E-state index contributed by atoms with van der Waals surface area (Å²) >= 11 is 0. The summed E-state index contributed by atoms with van der Waals surface area (Å²) < 4.78 is 0.